The Bertz CT molecular complexity index is 954. The molecule has 2 atom stereocenters. The molecule has 0 radical (unpaired) electrons. The second-order valence-corrected chi connectivity index (χ2v) is 8.10. The molecule has 3 aromatic rings. The number of fused-ring (bicyclic) bond motifs is 1. The highest BCUT2D eigenvalue weighted by Crippen LogP contribution is 2.47. The molecule has 0 amide bonds. The number of hydrogen-bond acceptors (Lipinski definition) is 4. The van der Waals surface area contributed by atoms with Crippen molar-refractivity contribution in [2.75, 3.05) is 33.9 Å². The van der Waals surface area contributed by atoms with Crippen molar-refractivity contribution >= 4 is 0 Å². The summed E-state index contributed by atoms with van der Waals surface area (Å²) in [4.78, 5) is 2.16. The van der Waals surface area contributed by atoms with Crippen molar-refractivity contribution in [3.05, 3.63) is 89.5 Å². The highest BCUT2D eigenvalue weighted by Gasteiger charge is 2.33. The number of nitrogens with zero attached hydrogens (tertiary/aromatic N) is 1. The van der Waals surface area contributed by atoms with Crippen LogP contribution in [0.3, 0.4) is 0 Å². The van der Waals surface area contributed by atoms with Crippen molar-refractivity contribution in [2.45, 2.75) is 18.3 Å². The Balaban J connectivity index is 1.61. The van der Waals surface area contributed by atoms with E-state index in [2.05, 4.69) is 55.4 Å². The summed E-state index contributed by atoms with van der Waals surface area (Å²) in [5.74, 6) is 2.27. The van der Waals surface area contributed by atoms with Gasteiger partial charge in [-0.3, -0.25) is 0 Å². The summed E-state index contributed by atoms with van der Waals surface area (Å²) in [6, 6.07) is 24.2. The van der Waals surface area contributed by atoms with Crippen LogP contribution in [-0.4, -0.2) is 43.9 Å². The van der Waals surface area contributed by atoms with Crippen molar-refractivity contribution in [3.8, 4) is 17.2 Å². The minimum atomic E-state index is 0.103. The Morgan fingerprint density at radius 2 is 1.73 bits per heavy atom. The highest BCUT2D eigenvalue weighted by molar-refractivity contribution is 5.51. The molecule has 1 heterocycles. The smallest absolute Gasteiger partial charge is 0.123 e. The normalized spacial score (nSPS) is 18.0. The predicted octanol–water partition coefficient (Wildman–Crippen LogP) is 5.03. The zero-order valence-electron chi connectivity index (χ0n) is 17.6. The number of aromatic hydroxyl groups is 1. The molecule has 1 aliphatic rings. The van der Waals surface area contributed by atoms with Crippen LogP contribution in [0.2, 0.25) is 0 Å². The van der Waals surface area contributed by atoms with Crippen LogP contribution < -0.4 is 9.47 Å². The predicted molar refractivity (Wildman–Crippen MR) is 120 cm³/mol. The number of ether oxygens (including phenoxy) is 2. The lowest BCUT2D eigenvalue weighted by Gasteiger charge is -2.34. The first-order valence-electron chi connectivity index (χ1n) is 10.5. The Morgan fingerprint density at radius 3 is 2.47 bits per heavy atom. The number of phenolic OH excluding ortho intramolecular Hbond substituents is 1. The quantitative estimate of drug-likeness (QED) is 0.562. The fraction of sp³-hybridized carbons (Fsp3) is 0.308. The Labute approximate surface area is 178 Å². The fourth-order valence-electron chi connectivity index (χ4n) is 4.15. The average Bonchev–Trinajstić information content (AvgIpc) is 2.77. The van der Waals surface area contributed by atoms with Crippen LogP contribution in [0.4, 0.5) is 0 Å². The summed E-state index contributed by atoms with van der Waals surface area (Å²) in [5, 5.41) is 10.1. The minimum Gasteiger partial charge on any atom is -0.508 e. The van der Waals surface area contributed by atoms with Gasteiger partial charge >= 0.3 is 0 Å². The van der Waals surface area contributed by atoms with E-state index in [0.717, 1.165) is 30.0 Å². The van der Waals surface area contributed by atoms with Crippen LogP contribution in [0.5, 0.6) is 17.2 Å². The molecule has 0 fully saturated rings. The van der Waals surface area contributed by atoms with Crippen LogP contribution in [-0.2, 0) is 0 Å². The Kier molecular flexibility index (Phi) is 6.24. The van der Waals surface area contributed by atoms with E-state index in [9.17, 15) is 5.11 Å². The summed E-state index contributed by atoms with van der Waals surface area (Å²) in [6.45, 7) is 2.33. The van der Waals surface area contributed by atoms with E-state index in [-0.39, 0.29) is 17.6 Å². The molecule has 0 saturated carbocycles. The summed E-state index contributed by atoms with van der Waals surface area (Å²) in [5.41, 5.74) is 3.45. The van der Waals surface area contributed by atoms with E-state index < -0.39 is 0 Å². The SMILES string of the molecule is CN(C)CCCOc1ccc([C@@H]2c3cc(O)ccc3OC[C@@H]2c2ccccc2)cc1. The Hall–Kier alpha value is -2.98. The molecule has 1 N–H and O–H groups in total. The van der Waals surface area contributed by atoms with Gasteiger partial charge in [-0.05, 0) is 62.0 Å². The third-order valence-corrected chi connectivity index (χ3v) is 5.63. The van der Waals surface area contributed by atoms with Crippen LogP contribution in [0.15, 0.2) is 72.8 Å². The standard InChI is InChI=1S/C26H29NO3/c1-27(2)15-6-16-29-22-12-9-20(10-13-22)26-23-17-21(28)11-14-25(23)30-18-24(26)19-7-4-3-5-8-19/h3-5,7-14,17,24,26,28H,6,15-16,18H2,1-2H3/t24-,26-/m1/s1. The largest absolute Gasteiger partial charge is 0.508 e. The van der Waals surface area contributed by atoms with Gasteiger partial charge in [0.05, 0.1) is 13.2 Å². The zero-order valence-corrected chi connectivity index (χ0v) is 17.6. The maximum Gasteiger partial charge on any atom is 0.123 e. The van der Waals surface area contributed by atoms with Gasteiger partial charge in [-0.1, -0.05) is 42.5 Å². The number of rotatable bonds is 7. The lowest BCUT2D eigenvalue weighted by atomic mass is 9.76. The maximum atomic E-state index is 10.1. The minimum absolute atomic E-state index is 0.103. The van der Waals surface area contributed by atoms with E-state index in [0.29, 0.717) is 13.2 Å². The number of benzene rings is 3. The van der Waals surface area contributed by atoms with Crippen molar-refractivity contribution in [3.63, 3.8) is 0 Å². The average molecular weight is 404 g/mol. The first-order valence-corrected chi connectivity index (χ1v) is 10.5. The first-order chi connectivity index (χ1) is 14.6. The van der Waals surface area contributed by atoms with Gasteiger partial charge in [0.15, 0.2) is 0 Å². The fourth-order valence-corrected chi connectivity index (χ4v) is 4.15. The molecule has 0 spiro atoms. The monoisotopic (exact) mass is 403 g/mol. The molecule has 0 aromatic heterocycles. The second-order valence-electron chi connectivity index (χ2n) is 8.10. The van der Waals surface area contributed by atoms with Gasteiger partial charge in [-0.15, -0.1) is 0 Å². The summed E-state index contributed by atoms with van der Waals surface area (Å²) < 4.78 is 12.0. The lowest BCUT2D eigenvalue weighted by Crippen LogP contribution is -2.25. The molecular weight excluding hydrogens is 374 g/mol. The molecule has 156 valence electrons. The van der Waals surface area contributed by atoms with E-state index >= 15 is 0 Å². The number of hydrogen-bond donors (Lipinski definition) is 1. The van der Waals surface area contributed by atoms with Crippen LogP contribution in [0.1, 0.15) is 34.9 Å². The van der Waals surface area contributed by atoms with E-state index in [1.807, 2.05) is 30.3 Å². The van der Waals surface area contributed by atoms with E-state index in [4.69, 9.17) is 9.47 Å². The summed E-state index contributed by atoms with van der Waals surface area (Å²) in [7, 11) is 4.14. The van der Waals surface area contributed by atoms with Crippen molar-refractivity contribution in [1.82, 2.24) is 4.90 Å². The Morgan fingerprint density at radius 1 is 0.967 bits per heavy atom. The van der Waals surface area contributed by atoms with Crippen LogP contribution in [0.25, 0.3) is 0 Å². The summed E-state index contributed by atoms with van der Waals surface area (Å²) >= 11 is 0. The third kappa shape index (κ3) is 4.60. The highest BCUT2D eigenvalue weighted by atomic mass is 16.5. The number of phenols is 1. The molecule has 0 aliphatic carbocycles. The molecule has 4 heteroatoms. The van der Waals surface area contributed by atoms with Gasteiger partial charge < -0.3 is 19.5 Å². The van der Waals surface area contributed by atoms with Gasteiger partial charge in [0.25, 0.3) is 0 Å². The van der Waals surface area contributed by atoms with Gasteiger partial charge in [0.1, 0.15) is 17.2 Å². The molecule has 0 unspecified atom stereocenters. The van der Waals surface area contributed by atoms with Crippen molar-refractivity contribution in [1.29, 1.82) is 0 Å². The maximum absolute atomic E-state index is 10.1. The molecular formula is C26H29NO3. The van der Waals surface area contributed by atoms with Crippen molar-refractivity contribution < 1.29 is 14.6 Å². The van der Waals surface area contributed by atoms with Crippen LogP contribution in [0, 0.1) is 0 Å². The molecule has 0 saturated heterocycles. The lowest BCUT2D eigenvalue weighted by molar-refractivity contribution is 0.248. The molecule has 4 nitrogen and oxygen atoms in total. The molecule has 30 heavy (non-hydrogen) atoms. The van der Waals surface area contributed by atoms with Gasteiger partial charge in [0.2, 0.25) is 0 Å². The van der Waals surface area contributed by atoms with E-state index in [1.54, 1.807) is 6.07 Å². The summed E-state index contributed by atoms with van der Waals surface area (Å²) in [6.07, 6.45) is 0.997. The van der Waals surface area contributed by atoms with Gasteiger partial charge in [0, 0.05) is 23.9 Å². The first kappa shape index (κ1) is 20.3. The zero-order chi connectivity index (χ0) is 20.9. The molecule has 4 rings (SSSR count). The van der Waals surface area contributed by atoms with Gasteiger partial charge in [-0.2, -0.15) is 0 Å². The van der Waals surface area contributed by atoms with Gasteiger partial charge in [-0.25, -0.2) is 0 Å². The third-order valence-electron chi connectivity index (χ3n) is 5.63. The second kappa shape index (κ2) is 9.23. The van der Waals surface area contributed by atoms with Crippen molar-refractivity contribution in [2.24, 2.45) is 0 Å². The van der Waals surface area contributed by atoms with E-state index in [1.165, 1.54) is 11.1 Å². The molecule has 3 aromatic carbocycles. The molecule has 1 aliphatic heterocycles. The molecule has 0 bridgehead atoms. The van der Waals surface area contributed by atoms with Crippen LogP contribution >= 0.6 is 0 Å². The topological polar surface area (TPSA) is 41.9 Å².